The zero-order valence-corrected chi connectivity index (χ0v) is 17.2. The first-order valence-electron chi connectivity index (χ1n) is 9.46. The van der Waals surface area contributed by atoms with Crippen LogP contribution in [0.4, 0.5) is 10.1 Å². The number of imidazole rings is 1. The summed E-state index contributed by atoms with van der Waals surface area (Å²) < 4.78 is 20.3. The summed E-state index contributed by atoms with van der Waals surface area (Å²) in [5.41, 5.74) is 2.49. The molecule has 2 amide bonds. The number of aromatic nitrogens is 2. The van der Waals surface area contributed by atoms with Gasteiger partial charge >= 0.3 is 0 Å². The highest BCUT2D eigenvalue weighted by atomic mass is 35.5. The summed E-state index contributed by atoms with van der Waals surface area (Å²) in [4.78, 5) is 29.0. The highest BCUT2D eigenvalue weighted by molar-refractivity contribution is 6.31. The summed E-state index contributed by atoms with van der Waals surface area (Å²) in [6.07, 6.45) is 1.92. The molecular weight excluding hydrogens is 423 g/mol. The molecule has 2 aromatic heterocycles. The van der Waals surface area contributed by atoms with Gasteiger partial charge in [0.2, 0.25) is 0 Å². The fraction of sp³-hybridized carbons (Fsp3) is 0.136. The van der Waals surface area contributed by atoms with E-state index in [2.05, 4.69) is 15.6 Å². The van der Waals surface area contributed by atoms with Crippen LogP contribution in [0.15, 0.2) is 59.2 Å². The lowest BCUT2D eigenvalue weighted by atomic mass is 10.2. The van der Waals surface area contributed by atoms with E-state index < -0.39 is 5.82 Å². The zero-order chi connectivity index (χ0) is 22.0. The average molecular weight is 441 g/mol. The Hall–Kier alpha value is -3.65. The standard InChI is InChI=1S/C22H18ClFN4O3/c1-28-18-7-5-14(26-22(30)19-3-2-10-31-19)12-17(18)27-20(28)8-9-25-21(29)13-4-6-16(24)15(23)11-13/h2-7,10-12H,8-9H2,1H3,(H,25,29)(H,26,30). The molecule has 0 bridgehead atoms. The van der Waals surface area contributed by atoms with E-state index in [9.17, 15) is 14.0 Å². The fourth-order valence-electron chi connectivity index (χ4n) is 3.18. The molecule has 4 rings (SSSR count). The summed E-state index contributed by atoms with van der Waals surface area (Å²) in [7, 11) is 1.88. The van der Waals surface area contributed by atoms with Gasteiger partial charge in [-0.05, 0) is 48.5 Å². The van der Waals surface area contributed by atoms with Gasteiger partial charge in [-0.1, -0.05) is 11.6 Å². The SMILES string of the molecule is Cn1c(CCNC(=O)c2ccc(F)c(Cl)c2)nc2cc(NC(=O)c3ccco3)ccc21. The second-order valence-electron chi connectivity index (χ2n) is 6.86. The number of amides is 2. The van der Waals surface area contributed by atoms with Crippen LogP contribution in [0.2, 0.25) is 5.02 Å². The van der Waals surface area contributed by atoms with Gasteiger partial charge in [0.25, 0.3) is 11.8 Å². The van der Waals surface area contributed by atoms with E-state index in [0.717, 1.165) is 17.4 Å². The minimum Gasteiger partial charge on any atom is -0.459 e. The van der Waals surface area contributed by atoms with E-state index in [1.165, 1.54) is 18.4 Å². The van der Waals surface area contributed by atoms with Crippen LogP contribution in [0.1, 0.15) is 26.7 Å². The van der Waals surface area contributed by atoms with Crippen molar-refractivity contribution >= 4 is 40.1 Å². The van der Waals surface area contributed by atoms with Crippen molar-refractivity contribution in [2.24, 2.45) is 7.05 Å². The summed E-state index contributed by atoms with van der Waals surface area (Å²) >= 11 is 5.73. The van der Waals surface area contributed by atoms with Crippen LogP contribution in [0.25, 0.3) is 11.0 Å². The number of halogens is 2. The molecule has 2 aromatic carbocycles. The third-order valence-corrected chi connectivity index (χ3v) is 5.08. The first-order chi connectivity index (χ1) is 14.9. The topological polar surface area (TPSA) is 89.2 Å². The number of anilines is 1. The van der Waals surface area contributed by atoms with Crippen molar-refractivity contribution in [2.45, 2.75) is 6.42 Å². The molecule has 2 N–H and O–H groups in total. The maximum atomic E-state index is 13.2. The summed E-state index contributed by atoms with van der Waals surface area (Å²) in [5, 5.41) is 5.45. The third-order valence-electron chi connectivity index (χ3n) is 4.79. The molecule has 4 aromatic rings. The maximum Gasteiger partial charge on any atom is 0.291 e. The number of hydrogen-bond acceptors (Lipinski definition) is 4. The number of carbonyl (C=O) groups excluding carboxylic acids is 2. The van der Waals surface area contributed by atoms with Crippen molar-refractivity contribution in [2.75, 3.05) is 11.9 Å². The average Bonchev–Trinajstić information content (AvgIpc) is 3.39. The Balaban J connectivity index is 1.42. The van der Waals surface area contributed by atoms with Gasteiger partial charge in [-0.3, -0.25) is 9.59 Å². The van der Waals surface area contributed by atoms with Gasteiger partial charge in [0, 0.05) is 31.3 Å². The van der Waals surface area contributed by atoms with Crippen molar-refractivity contribution < 1.29 is 18.4 Å². The van der Waals surface area contributed by atoms with Crippen LogP contribution in [0, 0.1) is 5.82 Å². The Labute approximate surface area is 181 Å². The smallest absolute Gasteiger partial charge is 0.291 e. The molecular formula is C22H18ClFN4O3. The molecule has 0 radical (unpaired) electrons. The van der Waals surface area contributed by atoms with Crippen molar-refractivity contribution in [3.8, 4) is 0 Å². The quantitative estimate of drug-likeness (QED) is 0.470. The van der Waals surface area contributed by atoms with E-state index >= 15 is 0 Å². The predicted octanol–water partition coefficient (Wildman–Crippen LogP) is 4.18. The molecule has 9 heteroatoms. The van der Waals surface area contributed by atoms with Crippen molar-refractivity contribution in [3.63, 3.8) is 0 Å². The van der Waals surface area contributed by atoms with Crippen LogP contribution < -0.4 is 10.6 Å². The molecule has 0 spiro atoms. The third kappa shape index (κ3) is 4.44. The van der Waals surface area contributed by atoms with E-state index in [1.807, 2.05) is 17.7 Å². The number of nitrogens with zero attached hydrogens (tertiary/aromatic N) is 2. The maximum absolute atomic E-state index is 13.2. The van der Waals surface area contributed by atoms with Crippen LogP contribution in [0.5, 0.6) is 0 Å². The van der Waals surface area contributed by atoms with Gasteiger partial charge in [0.15, 0.2) is 5.76 Å². The highest BCUT2D eigenvalue weighted by Crippen LogP contribution is 2.21. The van der Waals surface area contributed by atoms with Gasteiger partial charge < -0.3 is 19.6 Å². The normalized spacial score (nSPS) is 10.9. The van der Waals surface area contributed by atoms with Crippen LogP contribution >= 0.6 is 11.6 Å². The number of hydrogen-bond donors (Lipinski definition) is 2. The highest BCUT2D eigenvalue weighted by Gasteiger charge is 2.13. The van der Waals surface area contributed by atoms with Gasteiger partial charge in [-0.15, -0.1) is 0 Å². The summed E-state index contributed by atoms with van der Waals surface area (Å²) in [6, 6.07) is 12.5. The van der Waals surface area contributed by atoms with Gasteiger partial charge in [0.1, 0.15) is 11.6 Å². The molecule has 158 valence electrons. The minimum absolute atomic E-state index is 0.0991. The van der Waals surface area contributed by atoms with E-state index in [1.54, 1.807) is 24.3 Å². The molecule has 31 heavy (non-hydrogen) atoms. The monoisotopic (exact) mass is 440 g/mol. The van der Waals surface area contributed by atoms with Gasteiger partial charge in [0.05, 0.1) is 22.3 Å². The van der Waals surface area contributed by atoms with Crippen molar-refractivity contribution in [1.82, 2.24) is 14.9 Å². The second-order valence-corrected chi connectivity index (χ2v) is 7.26. The summed E-state index contributed by atoms with van der Waals surface area (Å²) in [5.74, 6) is -0.271. The van der Waals surface area contributed by atoms with Crippen LogP contribution in [0.3, 0.4) is 0 Å². The summed E-state index contributed by atoms with van der Waals surface area (Å²) in [6.45, 7) is 0.340. The Bertz CT molecular complexity index is 1270. The molecule has 0 aliphatic rings. The molecule has 7 nitrogen and oxygen atoms in total. The fourth-order valence-corrected chi connectivity index (χ4v) is 3.36. The number of furan rings is 1. The number of benzene rings is 2. The lowest BCUT2D eigenvalue weighted by molar-refractivity contribution is 0.0952. The molecule has 0 fully saturated rings. The van der Waals surface area contributed by atoms with Crippen LogP contribution in [-0.4, -0.2) is 27.9 Å². The lowest BCUT2D eigenvalue weighted by Crippen LogP contribution is -2.26. The van der Waals surface area contributed by atoms with Gasteiger partial charge in [-0.25, -0.2) is 9.37 Å². The Morgan fingerprint density at radius 1 is 1.16 bits per heavy atom. The first-order valence-corrected chi connectivity index (χ1v) is 9.83. The Morgan fingerprint density at radius 2 is 2.00 bits per heavy atom. The second kappa shape index (κ2) is 8.61. The minimum atomic E-state index is -0.572. The van der Waals surface area contributed by atoms with E-state index in [0.29, 0.717) is 24.2 Å². The van der Waals surface area contributed by atoms with E-state index in [-0.39, 0.29) is 28.2 Å². The molecule has 0 aliphatic heterocycles. The van der Waals surface area contributed by atoms with Crippen molar-refractivity contribution in [1.29, 1.82) is 0 Å². The molecule has 0 saturated heterocycles. The first kappa shape index (κ1) is 20.6. The van der Waals surface area contributed by atoms with Crippen molar-refractivity contribution in [3.05, 3.63) is 82.8 Å². The van der Waals surface area contributed by atoms with Gasteiger partial charge in [-0.2, -0.15) is 0 Å². The number of aryl methyl sites for hydroxylation is 1. The largest absolute Gasteiger partial charge is 0.459 e. The number of nitrogens with one attached hydrogen (secondary N) is 2. The molecule has 2 heterocycles. The molecule has 0 atom stereocenters. The van der Waals surface area contributed by atoms with E-state index in [4.69, 9.17) is 16.0 Å². The predicted molar refractivity (Wildman–Crippen MR) is 115 cm³/mol. The number of rotatable bonds is 6. The Kier molecular flexibility index (Phi) is 5.73. The molecule has 0 unspecified atom stereocenters. The lowest BCUT2D eigenvalue weighted by Gasteiger charge is -2.06. The molecule has 0 saturated carbocycles. The molecule has 0 aliphatic carbocycles. The number of carbonyl (C=O) groups is 2. The Morgan fingerprint density at radius 3 is 2.74 bits per heavy atom. The zero-order valence-electron chi connectivity index (χ0n) is 16.5. The van der Waals surface area contributed by atoms with Crippen LogP contribution in [-0.2, 0) is 13.5 Å². The number of fused-ring (bicyclic) bond motifs is 1.